The first-order valence-electron chi connectivity index (χ1n) is 11.1. The van der Waals surface area contributed by atoms with Gasteiger partial charge in [-0.05, 0) is 92.0 Å². The van der Waals surface area contributed by atoms with Crippen LogP contribution in [0.5, 0.6) is 11.5 Å². The fourth-order valence-corrected chi connectivity index (χ4v) is 5.24. The molecule has 0 aromatic heterocycles. The summed E-state index contributed by atoms with van der Waals surface area (Å²) >= 11 is 0. The number of carbonyl (C=O) groups is 1. The molecule has 0 aliphatic heterocycles. The first-order valence-corrected chi connectivity index (χ1v) is 11.1. The minimum Gasteiger partial charge on any atom is -0.432 e. The van der Waals surface area contributed by atoms with Crippen LogP contribution < -0.4 is 9.47 Å². The van der Waals surface area contributed by atoms with E-state index in [9.17, 15) is 18.0 Å². The highest BCUT2D eigenvalue weighted by atomic mass is 19.3. The summed E-state index contributed by atoms with van der Waals surface area (Å²) in [6.45, 7) is 0.831. The second-order valence-corrected chi connectivity index (χ2v) is 8.82. The molecule has 4 atom stereocenters. The number of esters is 1. The van der Waals surface area contributed by atoms with Gasteiger partial charge >= 0.3 is 12.6 Å². The molecule has 4 unspecified atom stereocenters. The van der Waals surface area contributed by atoms with Gasteiger partial charge in [-0.1, -0.05) is 18.2 Å². The van der Waals surface area contributed by atoms with E-state index in [-0.39, 0.29) is 5.75 Å². The van der Waals surface area contributed by atoms with Crippen molar-refractivity contribution in [3.8, 4) is 11.5 Å². The summed E-state index contributed by atoms with van der Waals surface area (Å²) in [5.41, 5.74) is 1.58. The van der Waals surface area contributed by atoms with Crippen LogP contribution in [0.1, 0.15) is 60.4 Å². The van der Waals surface area contributed by atoms with Crippen LogP contribution in [0.3, 0.4) is 0 Å². The van der Waals surface area contributed by atoms with Gasteiger partial charge in [0.05, 0.1) is 5.56 Å². The average molecular weight is 444 g/mol. The van der Waals surface area contributed by atoms with Crippen molar-refractivity contribution in [3.05, 3.63) is 72.1 Å². The number of halogens is 3. The maximum absolute atomic E-state index is 13.8. The van der Waals surface area contributed by atoms with Crippen molar-refractivity contribution in [2.75, 3.05) is 0 Å². The number of rotatable bonds is 6. The quantitative estimate of drug-likeness (QED) is 0.270. The molecule has 3 nitrogen and oxygen atoms in total. The Morgan fingerprint density at radius 2 is 1.72 bits per heavy atom. The van der Waals surface area contributed by atoms with E-state index in [0.29, 0.717) is 17.4 Å². The molecule has 2 fully saturated rings. The molecular weight excluding hydrogens is 417 g/mol. The van der Waals surface area contributed by atoms with E-state index < -0.39 is 24.1 Å². The molecule has 2 aromatic rings. The molecule has 0 N–H and O–H groups in total. The van der Waals surface area contributed by atoms with Gasteiger partial charge in [0.15, 0.2) is 11.6 Å². The standard InChI is InChI=1S/C26H27F3O3/c1-2-16-3-4-21-14-20(10-9-19(21)13-16)17-5-7-18(8-6-17)25(30)31-22-11-12-24(23(27)15-22)32-26(28)29/h2,5-8,11-12,15-16,19-21,26H,1,3-4,9-10,13-14H2. The molecule has 0 amide bonds. The predicted octanol–water partition coefficient (Wildman–Crippen LogP) is 7.13. The monoisotopic (exact) mass is 444 g/mol. The molecule has 0 heterocycles. The lowest BCUT2D eigenvalue weighted by Gasteiger charge is -2.41. The molecule has 2 aliphatic rings. The van der Waals surface area contributed by atoms with Crippen LogP contribution in [0.2, 0.25) is 0 Å². The fraction of sp³-hybridized carbons (Fsp3) is 0.423. The summed E-state index contributed by atoms with van der Waals surface area (Å²) in [7, 11) is 0. The molecule has 0 saturated heterocycles. The Kier molecular flexibility index (Phi) is 6.87. The summed E-state index contributed by atoms with van der Waals surface area (Å²) in [6.07, 6.45) is 9.45. The van der Waals surface area contributed by atoms with E-state index >= 15 is 0 Å². The zero-order valence-electron chi connectivity index (χ0n) is 17.8. The number of carbonyl (C=O) groups excluding carboxylic acids is 1. The van der Waals surface area contributed by atoms with Crippen LogP contribution in [-0.4, -0.2) is 12.6 Å². The number of alkyl halides is 2. The molecule has 6 heteroatoms. The molecule has 2 aliphatic carbocycles. The van der Waals surface area contributed by atoms with E-state index in [1.165, 1.54) is 43.7 Å². The maximum atomic E-state index is 13.8. The van der Waals surface area contributed by atoms with Gasteiger partial charge in [0.25, 0.3) is 0 Å². The number of ether oxygens (including phenoxy) is 2. The fourth-order valence-electron chi connectivity index (χ4n) is 5.24. The second kappa shape index (κ2) is 9.80. The van der Waals surface area contributed by atoms with Crippen molar-refractivity contribution in [1.82, 2.24) is 0 Å². The molecule has 2 saturated carbocycles. The zero-order chi connectivity index (χ0) is 22.7. The van der Waals surface area contributed by atoms with Crippen molar-refractivity contribution < 1.29 is 27.4 Å². The Labute approximate surface area is 186 Å². The third-order valence-corrected chi connectivity index (χ3v) is 6.93. The molecule has 0 radical (unpaired) electrons. The largest absolute Gasteiger partial charge is 0.432 e. The number of allylic oxidation sites excluding steroid dienone is 1. The van der Waals surface area contributed by atoms with Gasteiger partial charge < -0.3 is 9.47 Å². The van der Waals surface area contributed by atoms with Crippen molar-refractivity contribution in [1.29, 1.82) is 0 Å². The highest BCUT2D eigenvalue weighted by molar-refractivity contribution is 5.91. The predicted molar refractivity (Wildman–Crippen MR) is 116 cm³/mol. The van der Waals surface area contributed by atoms with Crippen molar-refractivity contribution >= 4 is 5.97 Å². The van der Waals surface area contributed by atoms with Crippen LogP contribution in [0.25, 0.3) is 0 Å². The number of benzene rings is 2. The smallest absolute Gasteiger partial charge is 0.387 e. The Hall–Kier alpha value is -2.76. The first-order chi connectivity index (χ1) is 15.4. The third kappa shape index (κ3) is 5.17. The van der Waals surface area contributed by atoms with E-state index in [1.54, 1.807) is 12.1 Å². The Morgan fingerprint density at radius 1 is 1.00 bits per heavy atom. The van der Waals surface area contributed by atoms with Gasteiger partial charge in [-0.3, -0.25) is 0 Å². The number of fused-ring (bicyclic) bond motifs is 1. The molecule has 0 spiro atoms. The normalized spacial score (nSPS) is 25.1. The lowest BCUT2D eigenvalue weighted by molar-refractivity contribution is -0.0522. The van der Waals surface area contributed by atoms with Gasteiger partial charge in [0.2, 0.25) is 0 Å². The molecule has 2 aromatic carbocycles. The Balaban J connectivity index is 1.36. The minimum absolute atomic E-state index is 0.0772. The third-order valence-electron chi connectivity index (χ3n) is 6.93. The van der Waals surface area contributed by atoms with Crippen LogP contribution >= 0.6 is 0 Å². The Bertz CT molecular complexity index is 957. The Morgan fingerprint density at radius 3 is 2.41 bits per heavy atom. The zero-order valence-corrected chi connectivity index (χ0v) is 17.8. The minimum atomic E-state index is -3.13. The second-order valence-electron chi connectivity index (χ2n) is 8.82. The SMILES string of the molecule is C=CC1CCC2CC(c3ccc(C(=O)Oc4ccc(OC(F)F)c(F)c4)cc3)CCC2C1. The van der Waals surface area contributed by atoms with Gasteiger partial charge in [-0.2, -0.15) is 8.78 Å². The maximum Gasteiger partial charge on any atom is 0.387 e. The lowest BCUT2D eigenvalue weighted by atomic mass is 9.64. The molecular formula is C26H27F3O3. The van der Waals surface area contributed by atoms with Gasteiger partial charge in [0.1, 0.15) is 5.75 Å². The summed E-state index contributed by atoms with van der Waals surface area (Å²) < 4.78 is 47.5. The summed E-state index contributed by atoms with van der Waals surface area (Å²) in [4.78, 5) is 12.4. The van der Waals surface area contributed by atoms with Crippen LogP contribution in [0.15, 0.2) is 55.1 Å². The summed E-state index contributed by atoms with van der Waals surface area (Å²) in [5, 5.41) is 0. The van der Waals surface area contributed by atoms with Crippen molar-refractivity contribution in [3.63, 3.8) is 0 Å². The van der Waals surface area contributed by atoms with Gasteiger partial charge in [-0.25, -0.2) is 9.18 Å². The number of hydrogen-bond acceptors (Lipinski definition) is 3. The van der Waals surface area contributed by atoms with E-state index in [4.69, 9.17) is 4.74 Å². The molecule has 32 heavy (non-hydrogen) atoms. The van der Waals surface area contributed by atoms with E-state index in [0.717, 1.165) is 30.4 Å². The lowest BCUT2D eigenvalue weighted by Crippen LogP contribution is -2.29. The highest BCUT2D eigenvalue weighted by Crippen LogP contribution is 2.47. The number of hydrogen-bond donors (Lipinski definition) is 0. The van der Waals surface area contributed by atoms with Crippen LogP contribution in [0.4, 0.5) is 13.2 Å². The van der Waals surface area contributed by atoms with Gasteiger partial charge in [0, 0.05) is 6.07 Å². The first kappa shape index (κ1) is 22.4. The summed E-state index contributed by atoms with van der Waals surface area (Å²) in [6, 6.07) is 10.5. The summed E-state index contributed by atoms with van der Waals surface area (Å²) in [5.74, 6) is 0.395. The highest BCUT2D eigenvalue weighted by Gasteiger charge is 2.35. The topological polar surface area (TPSA) is 35.5 Å². The average Bonchev–Trinajstić information content (AvgIpc) is 2.80. The van der Waals surface area contributed by atoms with E-state index in [2.05, 4.69) is 17.4 Å². The van der Waals surface area contributed by atoms with Crippen molar-refractivity contribution in [2.24, 2.45) is 17.8 Å². The van der Waals surface area contributed by atoms with Crippen molar-refractivity contribution in [2.45, 2.75) is 51.1 Å². The molecule has 4 rings (SSSR count). The molecule has 170 valence electrons. The van der Waals surface area contributed by atoms with Crippen LogP contribution in [-0.2, 0) is 0 Å². The molecule has 0 bridgehead atoms. The van der Waals surface area contributed by atoms with E-state index in [1.807, 2.05) is 12.1 Å². The van der Waals surface area contributed by atoms with Crippen LogP contribution in [0, 0.1) is 23.6 Å². The van der Waals surface area contributed by atoms with Gasteiger partial charge in [-0.15, -0.1) is 6.58 Å².